The van der Waals surface area contributed by atoms with Crippen LogP contribution in [0.4, 0.5) is 14.9 Å². The number of nitrogens with one attached hydrogen (secondary N) is 3. The SMILES string of the molecule is C=N/C=C\C=C(\F)CCNC(=O)Nc1ccc(-c2cnc(C3CCCCC3)s2)c(SNC(C)(C)C)c1. The summed E-state index contributed by atoms with van der Waals surface area (Å²) in [6.07, 6.45) is 12.6. The Morgan fingerprint density at radius 3 is 2.81 bits per heavy atom. The van der Waals surface area contributed by atoms with Gasteiger partial charge >= 0.3 is 6.03 Å². The molecule has 1 aliphatic carbocycles. The molecule has 1 fully saturated rings. The minimum absolute atomic E-state index is 0.0851. The van der Waals surface area contributed by atoms with Crippen LogP contribution in [0.1, 0.15) is 70.2 Å². The van der Waals surface area contributed by atoms with Gasteiger partial charge in [0.2, 0.25) is 0 Å². The monoisotopic (exact) mass is 529 g/mol. The van der Waals surface area contributed by atoms with Crippen LogP contribution in [-0.2, 0) is 0 Å². The zero-order valence-electron chi connectivity index (χ0n) is 21.3. The lowest BCUT2D eigenvalue weighted by Gasteiger charge is -2.21. The number of aliphatic imine (C=N–C) groups is 1. The first-order valence-electron chi connectivity index (χ1n) is 12.3. The Bertz CT molecular complexity index is 1080. The standard InChI is InChI=1S/C27H36FN5OS2/c1-27(2,3)33-36-23-17-21(32-26(34)30-16-14-20(28)11-8-15-29-4)12-13-22(23)24-18-31-25(35-24)19-9-6-5-7-10-19/h8,11-13,15,17-19,33H,4-7,9-10,14,16H2,1-3H3,(H2,30,32,34)/b15-8-,20-11+. The average molecular weight is 530 g/mol. The van der Waals surface area contributed by atoms with Gasteiger partial charge in [-0.15, -0.1) is 11.3 Å². The zero-order chi connectivity index (χ0) is 26.0. The van der Waals surface area contributed by atoms with E-state index in [1.807, 2.05) is 24.4 Å². The van der Waals surface area contributed by atoms with Gasteiger partial charge in [0.1, 0.15) is 5.83 Å². The number of hydrogen-bond donors (Lipinski definition) is 3. The van der Waals surface area contributed by atoms with Gasteiger partial charge in [0.25, 0.3) is 0 Å². The number of urea groups is 1. The third kappa shape index (κ3) is 9.19. The van der Waals surface area contributed by atoms with Crippen molar-refractivity contribution >= 4 is 41.7 Å². The molecule has 6 nitrogen and oxygen atoms in total. The second-order valence-electron chi connectivity index (χ2n) is 9.83. The fraction of sp³-hybridized carbons (Fsp3) is 0.444. The molecular formula is C27H36FN5OS2. The Hall–Kier alpha value is -2.49. The number of nitrogens with zero attached hydrogens (tertiary/aromatic N) is 2. The molecule has 0 bridgehead atoms. The second kappa shape index (κ2) is 13.7. The molecule has 1 aromatic carbocycles. The molecular weight excluding hydrogens is 493 g/mol. The summed E-state index contributed by atoms with van der Waals surface area (Å²) in [7, 11) is 0. The van der Waals surface area contributed by atoms with Crippen LogP contribution in [0, 0.1) is 0 Å². The Labute approximate surface area is 222 Å². The molecule has 194 valence electrons. The minimum Gasteiger partial charge on any atom is -0.337 e. The summed E-state index contributed by atoms with van der Waals surface area (Å²) in [4.78, 5) is 22.8. The van der Waals surface area contributed by atoms with Gasteiger partial charge in [-0.1, -0.05) is 25.3 Å². The smallest absolute Gasteiger partial charge is 0.319 e. The van der Waals surface area contributed by atoms with Crippen LogP contribution in [0.15, 0.2) is 58.5 Å². The summed E-state index contributed by atoms with van der Waals surface area (Å²) < 4.78 is 17.2. The Balaban J connectivity index is 1.69. The largest absolute Gasteiger partial charge is 0.337 e. The fourth-order valence-corrected chi connectivity index (χ4v) is 5.89. The predicted molar refractivity (Wildman–Crippen MR) is 152 cm³/mol. The third-order valence-corrected chi connectivity index (χ3v) is 8.03. The number of carbonyl (C=O) groups excluding carboxylic acids is 1. The van der Waals surface area contributed by atoms with E-state index in [-0.39, 0.29) is 30.4 Å². The summed E-state index contributed by atoms with van der Waals surface area (Å²) >= 11 is 3.32. The number of hydrogen-bond acceptors (Lipinski definition) is 6. The number of benzene rings is 1. The van der Waals surface area contributed by atoms with Crippen molar-refractivity contribution in [3.63, 3.8) is 0 Å². The van der Waals surface area contributed by atoms with Crippen LogP contribution >= 0.6 is 23.3 Å². The maximum absolute atomic E-state index is 13.7. The first-order chi connectivity index (χ1) is 17.2. The normalized spacial score (nSPS) is 15.3. The lowest BCUT2D eigenvalue weighted by Crippen LogP contribution is -2.30. The molecule has 0 unspecified atom stereocenters. The van der Waals surface area contributed by atoms with Gasteiger partial charge in [-0.2, -0.15) is 0 Å². The van der Waals surface area contributed by atoms with Gasteiger partial charge in [-0.3, -0.25) is 9.71 Å². The van der Waals surface area contributed by atoms with E-state index in [1.54, 1.807) is 23.3 Å². The van der Waals surface area contributed by atoms with Gasteiger partial charge in [-0.25, -0.2) is 14.2 Å². The Morgan fingerprint density at radius 2 is 2.08 bits per heavy atom. The van der Waals surface area contributed by atoms with Crippen molar-refractivity contribution in [3.8, 4) is 10.4 Å². The number of anilines is 1. The van der Waals surface area contributed by atoms with Crippen LogP contribution in [0.3, 0.4) is 0 Å². The van der Waals surface area contributed by atoms with Crippen molar-refractivity contribution in [3.05, 3.63) is 53.6 Å². The number of allylic oxidation sites excluding steroid dienone is 2. The number of halogens is 1. The molecule has 36 heavy (non-hydrogen) atoms. The van der Waals surface area contributed by atoms with Crippen LogP contribution in [0.25, 0.3) is 10.4 Å². The van der Waals surface area contributed by atoms with E-state index >= 15 is 0 Å². The highest BCUT2D eigenvalue weighted by Crippen LogP contribution is 2.40. The molecule has 1 aromatic heterocycles. The van der Waals surface area contributed by atoms with Crippen molar-refractivity contribution in [2.24, 2.45) is 4.99 Å². The summed E-state index contributed by atoms with van der Waals surface area (Å²) in [5.41, 5.74) is 1.68. The van der Waals surface area contributed by atoms with Crippen LogP contribution in [-0.4, -0.2) is 29.8 Å². The van der Waals surface area contributed by atoms with E-state index < -0.39 is 0 Å². The third-order valence-electron chi connectivity index (χ3n) is 5.57. The van der Waals surface area contributed by atoms with Crippen molar-refractivity contribution in [2.75, 3.05) is 11.9 Å². The molecule has 2 amide bonds. The topological polar surface area (TPSA) is 78.4 Å². The highest BCUT2D eigenvalue weighted by atomic mass is 32.2. The maximum Gasteiger partial charge on any atom is 0.319 e. The fourth-order valence-electron chi connectivity index (χ4n) is 3.81. The molecule has 0 radical (unpaired) electrons. The summed E-state index contributed by atoms with van der Waals surface area (Å²) in [6, 6.07) is 5.51. The van der Waals surface area contributed by atoms with Crippen molar-refractivity contribution < 1.29 is 9.18 Å². The van der Waals surface area contributed by atoms with E-state index in [1.165, 1.54) is 55.5 Å². The number of carbonyl (C=O) groups is 1. The predicted octanol–water partition coefficient (Wildman–Crippen LogP) is 7.83. The zero-order valence-corrected chi connectivity index (χ0v) is 22.9. The molecule has 1 heterocycles. The lowest BCUT2D eigenvalue weighted by atomic mass is 9.90. The van der Waals surface area contributed by atoms with Crippen LogP contribution in [0.2, 0.25) is 0 Å². The molecule has 0 atom stereocenters. The van der Waals surface area contributed by atoms with E-state index in [0.717, 1.165) is 15.3 Å². The summed E-state index contributed by atoms with van der Waals surface area (Å²) in [5, 5.41) is 6.78. The van der Waals surface area contributed by atoms with Crippen molar-refractivity contribution in [1.82, 2.24) is 15.0 Å². The Morgan fingerprint density at radius 1 is 1.31 bits per heavy atom. The van der Waals surface area contributed by atoms with Gasteiger partial charge in [0.15, 0.2) is 0 Å². The number of rotatable bonds is 10. The maximum atomic E-state index is 13.7. The molecule has 2 aromatic rings. The average Bonchev–Trinajstić information content (AvgIpc) is 3.33. The molecule has 9 heteroatoms. The van der Waals surface area contributed by atoms with E-state index in [4.69, 9.17) is 4.98 Å². The van der Waals surface area contributed by atoms with Gasteiger partial charge in [0, 0.05) is 53.0 Å². The molecule has 0 spiro atoms. The molecule has 0 aliphatic heterocycles. The van der Waals surface area contributed by atoms with E-state index in [0.29, 0.717) is 11.6 Å². The first-order valence-corrected chi connectivity index (χ1v) is 13.9. The highest BCUT2D eigenvalue weighted by molar-refractivity contribution is 7.97. The lowest BCUT2D eigenvalue weighted by molar-refractivity contribution is 0.252. The summed E-state index contributed by atoms with van der Waals surface area (Å²) in [5.74, 6) is 0.226. The highest BCUT2D eigenvalue weighted by Gasteiger charge is 2.21. The number of amides is 2. The van der Waals surface area contributed by atoms with Crippen molar-refractivity contribution in [2.45, 2.75) is 75.6 Å². The first kappa shape index (κ1) is 28.1. The molecule has 1 aliphatic rings. The van der Waals surface area contributed by atoms with Crippen LogP contribution < -0.4 is 15.4 Å². The van der Waals surface area contributed by atoms with Gasteiger partial charge in [-0.05, 0) is 76.6 Å². The summed E-state index contributed by atoms with van der Waals surface area (Å²) in [6.45, 7) is 9.81. The molecule has 3 rings (SSSR count). The number of thiazole rings is 1. The second-order valence-corrected chi connectivity index (χ2v) is 11.7. The van der Waals surface area contributed by atoms with E-state index in [2.05, 4.69) is 47.8 Å². The molecule has 0 saturated heterocycles. The van der Waals surface area contributed by atoms with Crippen LogP contribution in [0.5, 0.6) is 0 Å². The molecule has 3 N–H and O–H groups in total. The van der Waals surface area contributed by atoms with Crippen molar-refractivity contribution in [1.29, 1.82) is 0 Å². The van der Waals surface area contributed by atoms with Gasteiger partial charge in [0.05, 0.1) is 9.88 Å². The number of aromatic nitrogens is 1. The van der Waals surface area contributed by atoms with Gasteiger partial charge < -0.3 is 10.6 Å². The minimum atomic E-state index is -0.379. The Kier molecular flexibility index (Phi) is 10.7. The van der Waals surface area contributed by atoms with E-state index in [9.17, 15) is 9.18 Å². The quantitative estimate of drug-likeness (QED) is 0.166. The molecule has 1 saturated carbocycles.